The van der Waals surface area contributed by atoms with Gasteiger partial charge >= 0.3 is 4.87 Å². The number of carbonyl (C=O) groups excluding carboxylic acids is 1. The van der Waals surface area contributed by atoms with Crippen molar-refractivity contribution < 1.29 is 4.79 Å². The summed E-state index contributed by atoms with van der Waals surface area (Å²) in [6, 6.07) is 15.7. The van der Waals surface area contributed by atoms with Crippen molar-refractivity contribution in [2.75, 3.05) is 6.54 Å². The lowest BCUT2D eigenvalue weighted by Crippen LogP contribution is -2.30. The number of thiazole rings is 1. The number of aromatic amines is 1. The first-order chi connectivity index (χ1) is 13.0. The van der Waals surface area contributed by atoms with Gasteiger partial charge in [0.15, 0.2) is 0 Å². The molecule has 138 valence electrons. The first-order valence-corrected chi connectivity index (χ1v) is 9.67. The molecular formula is C21H21N3O2S. The first-order valence-electron chi connectivity index (χ1n) is 8.86. The Balaban J connectivity index is 1.96. The molecule has 0 aliphatic rings. The van der Waals surface area contributed by atoms with Crippen LogP contribution < -0.4 is 10.2 Å². The number of fused-ring (bicyclic) bond motifs is 1. The minimum Gasteiger partial charge on any atom is -0.342 e. The monoisotopic (exact) mass is 379 g/mol. The molecule has 3 aromatic rings. The molecule has 27 heavy (non-hydrogen) atoms. The maximum absolute atomic E-state index is 12.6. The highest BCUT2D eigenvalue weighted by Crippen LogP contribution is 2.30. The molecule has 1 atom stereocenters. The van der Waals surface area contributed by atoms with Gasteiger partial charge in [-0.25, -0.2) is 0 Å². The van der Waals surface area contributed by atoms with Crippen LogP contribution in [0, 0.1) is 17.2 Å². The SMILES string of the molecule is CC(C)CC(C(=O)NCC#N)c1cccc(-c2ccc3[nH]c(=O)sc3c2)c1. The number of nitrogens with one attached hydrogen (secondary N) is 2. The van der Waals surface area contributed by atoms with Gasteiger partial charge < -0.3 is 10.3 Å². The fourth-order valence-electron chi connectivity index (χ4n) is 3.18. The van der Waals surface area contributed by atoms with Crippen LogP contribution in [0.3, 0.4) is 0 Å². The Labute approximate surface area is 161 Å². The molecule has 1 amide bonds. The third kappa shape index (κ3) is 4.44. The van der Waals surface area contributed by atoms with Crippen molar-refractivity contribution in [2.24, 2.45) is 5.92 Å². The quantitative estimate of drug-likeness (QED) is 0.634. The predicted molar refractivity (Wildman–Crippen MR) is 109 cm³/mol. The zero-order chi connectivity index (χ0) is 19.4. The van der Waals surface area contributed by atoms with Crippen molar-refractivity contribution in [2.45, 2.75) is 26.2 Å². The zero-order valence-corrected chi connectivity index (χ0v) is 16.1. The lowest BCUT2D eigenvalue weighted by molar-refractivity contribution is -0.122. The van der Waals surface area contributed by atoms with Gasteiger partial charge in [0.2, 0.25) is 5.91 Å². The number of nitrogens with zero attached hydrogens (tertiary/aromatic N) is 1. The van der Waals surface area contributed by atoms with Gasteiger partial charge in [-0.2, -0.15) is 5.26 Å². The summed E-state index contributed by atoms with van der Waals surface area (Å²) in [6.45, 7) is 4.17. The van der Waals surface area contributed by atoms with E-state index in [4.69, 9.17) is 5.26 Å². The van der Waals surface area contributed by atoms with Crippen LogP contribution in [0.25, 0.3) is 21.3 Å². The van der Waals surface area contributed by atoms with Crippen LogP contribution in [0.1, 0.15) is 31.7 Å². The van der Waals surface area contributed by atoms with E-state index < -0.39 is 0 Å². The number of rotatable bonds is 6. The highest BCUT2D eigenvalue weighted by atomic mass is 32.1. The molecule has 0 bridgehead atoms. The Hall–Kier alpha value is -2.91. The summed E-state index contributed by atoms with van der Waals surface area (Å²) in [5.74, 6) is -0.0768. The van der Waals surface area contributed by atoms with Crippen LogP contribution in [-0.2, 0) is 4.79 Å². The van der Waals surface area contributed by atoms with Crippen molar-refractivity contribution in [1.82, 2.24) is 10.3 Å². The summed E-state index contributed by atoms with van der Waals surface area (Å²) in [5, 5.41) is 11.4. The highest BCUT2D eigenvalue weighted by molar-refractivity contribution is 7.16. The largest absolute Gasteiger partial charge is 0.342 e. The standard InChI is InChI=1S/C21H21N3O2S/c1-13(2)10-17(20(25)23-9-8-22)16-5-3-4-14(11-16)15-6-7-18-19(12-15)27-21(26)24-18/h3-7,11-13,17H,9-10H2,1-2H3,(H,23,25)(H,24,26). The van der Waals surface area contributed by atoms with Crippen molar-refractivity contribution >= 4 is 27.5 Å². The van der Waals surface area contributed by atoms with E-state index in [1.165, 1.54) is 11.3 Å². The summed E-state index contributed by atoms with van der Waals surface area (Å²) in [5.41, 5.74) is 3.76. The average Bonchev–Trinajstić information content (AvgIpc) is 3.03. The topological polar surface area (TPSA) is 85.8 Å². The van der Waals surface area contributed by atoms with Gasteiger partial charge in [0.25, 0.3) is 0 Å². The van der Waals surface area contributed by atoms with Crippen molar-refractivity contribution in [3.05, 3.63) is 57.7 Å². The van der Waals surface area contributed by atoms with Gasteiger partial charge in [-0.1, -0.05) is 55.5 Å². The molecular weight excluding hydrogens is 358 g/mol. The van der Waals surface area contributed by atoms with E-state index in [0.717, 1.165) is 26.9 Å². The molecule has 1 heterocycles. The molecule has 0 aliphatic carbocycles. The number of benzene rings is 2. The van der Waals surface area contributed by atoms with Crippen molar-refractivity contribution in [3.8, 4) is 17.2 Å². The number of H-pyrrole nitrogens is 1. The van der Waals surface area contributed by atoms with E-state index in [9.17, 15) is 9.59 Å². The van der Waals surface area contributed by atoms with Crippen LogP contribution in [0.15, 0.2) is 47.3 Å². The van der Waals surface area contributed by atoms with Crippen molar-refractivity contribution in [1.29, 1.82) is 5.26 Å². The smallest absolute Gasteiger partial charge is 0.305 e. The molecule has 0 spiro atoms. The van der Waals surface area contributed by atoms with Gasteiger partial charge in [0, 0.05) is 0 Å². The van der Waals surface area contributed by atoms with Gasteiger partial charge in [-0.05, 0) is 41.2 Å². The Bertz CT molecular complexity index is 1060. The maximum Gasteiger partial charge on any atom is 0.305 e. The summed E-state index contributed by atoms with van der Waals surface area (Å²) in [4.78, 5) is 26.8. The number of hydrogen-bond donors (Lipinski definition) is 2. The Morgan fingerprint density at radius 1 is 1.22 bits per heavy atom. The molecule has 0 fully saturated rings. The van der Waals surface area contributed by atoms with E-state index >= 15 is 0 Å². The lowest BCUT2D eigenvalue weighted by atomic mass is 9.88. The minimum atomic E-state index is -0.301. The van der Waals surface area contributed by atoms with Crippen LogP contribution in [0.2, 0.25) is 0 Å². The normalized spacial score (nSPS) is 12.1. The third-order valence-electron chi connectivity index (χ3n) is 4.41. The van der Waals surface area contributed by atoms with Gasteiger partial charge in [-0.15, -0.1) is 0 Å². The Kier molecular flexibility index (Phi) is 5.72. The van der Waals surface area contributed by atoms with Gasteiger partial charge in [0.05, 0.1) is 22.2 Å². The van der Waals surface area contributed by atoms with E-state index in [1.54, 1.807) is 0 Å². The molecule has 1 unspecified atom stereocenters. The third-order valence-corrected chi connectivity index (χ3v) is 5.25. The molecule has 3 rings (SSSR count). The molecule has 5 nitrogen and oxygen atoms in total. The molecule has 0 aliphatic heterocycles. The Morgan fingerprint density at radius 3 is 2.74 bits per heavy atom. The molecule has 0 saturated heterocycles. The maximum atomic E-state index is 12.6. The second kappa shape index (κ2) is 8.19. The number of hydrogen-bond acceptors (Lipinski definition) is 4. The van der Waals surface area contributed by atoms with E-state index in [2.05, 4.69) is 24.1 Å². The number of nitriles is 1. The fourth-order valence-corrected chi connectivity index (χ4v) is 3.95. The fraction of sp³-hybridized carbons (Fsp3) is 0.286. The van der Waals surface area contributed by atoms with Crippen LogP contribution in [0.4, 0.5) is 0 Å². The van der Waals surface area contributed by atoms with E-state index in [1.807, 2.05) is 48.5 Å². The second-order valence-electron chi connectivity index (χ2n) is 6.91. The average molecular weight is 379 g/mol. The van der Waals surface area contributed by atoms with Crippen LogP contribution >= 0.6 is 11.3 Å². The number of aromatic nitrogens is 1. The van der Waals surface area contributed by atoms with Crippen LogP contribution in [-0.4, -0.2) is 17.4 Å². The molecule has 2 aromatic carbocycles. The molecule has 0 radical (unpaired) electrons. The molecule has 0 saturated carbocycles. The lowest BCUT2D eigenvalue weighted by Gasteiger charge is -2.19. The van der Waals surface area contributed by atoms with E-state index in [-0.39, 0.29) is 23.2 Å². The van der Waals surface area contributed by atoms with E-state index in [0.29, 0.717) is 12.3 Å². The zero-order valence-electron chi connectivity index (χ0n) is 15.3. The minimum absolute atomic E-state index is 0.0101. The van der Waals surface area contributed by atoms with Gasteiger partial charge in [0.1, 0.15) is 6.54 Å². The Morgan fingerprint density at radius 2 is 2.00 bits per heavy atom. The summed E-state index contributed by atoms with van der Waals surface area (Å²) >= 11 is 1.19. The number of amides is 1. The second-order valence-corrected chi connectivity index (χ2v) is 7.92. The van der Waals surface area contributed by atoms with Crippen molar-refractivity contribution in [3.63, 3.8) is 0 Å². The molecule has 6 heteroatoms. The summed E-state index contributed by atoms with van der Waals surface area (Å²) in [6.07, 6.45) is 0.708. The summed E-state index contributed by atoms with van der Waals surface area (Å²) < 4.78 is 0.911. The summed E-state index contributed by atoms with van der Waals surface area (Å²) in [7, 11) is 0. The number of carbonyl (C=O) groups is 1. The predicted octanol–water partition coefficient (Wildman–Crippen LogP) is 4.03. The highest BCUT2D eigenvalue weighted by Gasteiger charge is 2.22. The van der Waals surface area contributed by atoms with Gasteiger partial charge in [-0.3, -0.25) is 9.59 Å². The van der Waals surface area contributed by atoms with Crippen LogP contribution in [0.5, 0.6) is 0 Å². The molecule has 2 N–H and O–H groups in total. The first kappa shape index (κ1) is 18.9. The molecule has 1 aromatic heterocycles.